The minimum absolute atomic E-state index is 0.0940. The first-order valence-electron chi connectivity index (χ1n) is 8.07. The highest BCUT2D eigenvalue weighted by molar-refractivity contribution is 7.18. The SMILES string of the molecule is Cc1cc2c(NCc3ccc(C(=O)NCCC(=O)O)cc3)ncnc2s1. The molecule has 1 amide bonds. The zero-order valence-corrected chi connectivity index (χ0v) is 15.0. The van der Waals surface area contributed by atoms with Gasteiger partial charge in [0.15, 0.2) is 0 Å². The van der Waals surface area contributed by atoms with E-state index in [1.165, 1.54) is 4.88 Å². The van der Waals surface area contributed by atoms with Crippen molar-refractivity contribution in [3.63, 3.8) is 0 Å². The summed E-state index contributed by atoms with van der Waals surface area (Å²) in [6.07, 6.45) is 1.45. The second kappa shape index (κ2) is 7.92. The maximum Gasteiger partial charge on any atom is 0.305 e. The standard InChI is InChI=1S/C18H18N4O3S/c1-11-8-14-16(21-10-22-18(14)26-11)20-9-12-2-4-13(5-3-12)17(25)19-7-6-15(23)24/h2-5,8,10H,6-7,9H2,1H3,(H,19,25)(H,23,24)(H,20,21,22). The number of hydrogen-bond donors (Lipinski definition) is 3. The van der Waals surface area contributed by atoms with Crippen LogP contribution in [0.4, 0.5) is 5.82 Å². The number of thiophene rings is 1. The molecule has 0 fully saturated rings. The summed E-state index contributed by atoms with van der Waals surface area (Å²) in [5.74, 6) is -0.432. The zero-order chi connectivity index (χ0) is 18.5. The van der Waals surface area contributed by atoms with Crippen molar-refractivity contribution in [3.05, 3.63) is 52.7 Å². The van der Waals surface area contributed by atoms with Crippen LogP contribution in [-0.2, 0) is 11.3 Å². The summed E-state index contributed by atoms with van der Waals surface area (Å²) in [7, 11) is 0. The van der Waals surface area contributed by atoms with E-state index >= 15 is 0 Å². The molecule has 134 valence electrons. The highest BCUT2D eigenvalue weighted by Gasteiger charge is 2.08. The molecule has 0 aliphatic heterocycles. The average Bonchev–Trinajstić information content (AvgIpc) is 3.00. The molecular weight excluding hydrogens is 352 g/mol. The Balaban J connectivity index is 1.60. The van der Waals surface area contributed by atoms with E-state index in [-0.39, 0.29) is 18.9 Å². The molecule has 8 heteroatoms. The number of aliphatic carboxylic acids is 1. The van der Waals surface area contributed by atoms with Gasteiger partial charge in [-0.25, -0.2) is 9.97 Å². The summed E-state index contributed by atoms with van der Waals surface area (Å²) in [4.78, 5) is 33.1. The smallest absolute Gasteiger partial charge is 0.305 e. The van der Waals surface area contributed by atoms with Crippen LogP contribution in [0.1, 0.15) is 27.2 Å². The van der Waals surface area contributed by atoms with Crippen LogP contribution >= 0.6 is 11.3 Å². The fraction of sp³-hybridized carbons (Fsp3) is 0.222. The lowest BCUT2D eigenvalue weighted by Crippen LogP contribution is -2.25. The van der Waals surface area contributed by atoms with Crippen LogP contribution in [0.5, 0.6) is 0 Å². The number of carbonyl (C=O) groups excluding carboxylic acids is 1. The van der Waals surface area contributed by atoms with Crippen LogP contribution in [0, 0.1) is 6.92 Å². The van der Waals surface area contributed by atoms with Gasteiger partial charge in [-0.2, -0.15) is 0 Å². The minimum Gasteiger partial charge on any atom is -0.481 e. The first kappa shape index (κ1) is 17.8. The number of amides is 1. The molecule has 2 heterocycles. The number of aromatic nitrogens is 2. The molecule has 7 nitrogen and oxygen atoms in total. The normalized spacial score (nSPS) is 10.7. The number of aryl methyl sites for hydroxylation is 1. The molecule has 3 aromatic rings. The number of benzene rings is 1. The van der Waals surface area contributed by atoms with E-state index in [1.54, 1.807) is 29.8 Å². The van der Waals surface area contributed by atoms with Crippen molar-refractivity contribution >= 4 is 39.2 Å². The molecule has 0 saturated carbocycles. The highest BCUT2D eigenvalue weighted by Crippen LogP contribution is 2.27. The second-order valence-electron chi connectivity index (χ2n) is 5.75. The van der Waals surface area contributed by atoms with E-state index in [1.807, 2.05) is 19.1 Å². The molecule has 3 rings (SSSR count). The third-order valence-corrected chi connectivity index (χ3v) is 4.71. The van der Waals surface area contributed by atoms with Gasteiger partial charge in [-0.05, 0) is 30.7 Å². The van der Waals surface area contributed by atoms with Crippen molar-refractivity contribution in [2.45, 2.75) is 19.9 Å². The Labute approximate surface area is 154 Å². The number of carboxylic acid groups (broad SMARTS) is 1. The topological polar surface area (TPSA) is 104 Å². The van der Waals surface area contributed by atoms with E-state index in [0.29, 0.717) is 12.1 Å². The molecular formula is C18H18N4O3S. The Morgan fingerprint density at radius 3 is 2.69 bits per heavy atom. The van der Waals surface area contributed by atoms with Gasteiger partial charge in [0, 0.05) is 23.5 Å². The van der Waals surface area contributed by atoms with Gasteiger partial charge in [-0.1, -0.05) is 12.1 Å². The molecule has 1 aromatic carbocycles. The van der Waals surface area contributed by atoms with Crippen LogP contribution in [0.2, 0.25) is 0 Å². The number of carboxylic acids is 1. The molecule has 0 radical (unpaired) electrons. The molecule has 0 aliphatic rings. The maximum atomic E-state index is 11.9. The largest absolute Gasteiger partial charge is 0.481 e. The van der Waals surface area contributed by atoms with Gasteiger partial charge in [0.2, 0.25) is 0 Å². The molecule has 0 saturated heterocycles. The van der Waals surface area contributed by atoms with Gasteiger partial charge >= 0.3 is 5.97 Å². The van der Waals surface area contributed by atoms with Crippen molar-refractivity contribution in [1.29, 1.82) is 0 Å². The highest BCUT2D eigenvalue weighted by atomic mass is 32.1. The summed E-state index contributed by atoms with van der Waals surface area (Å²) < 4.78 is 0. The Morgan fingerprint density at radius 2 is 1.96 bits per heavy atom. The third-order valence-electron chi connectivity index (χ3n) is 3.75. The van der Waals surface area contributed by atoms with Crippen molar-refractivity contribution in [1.82, 2.24) is 15.3 Å². The minimum atomic E-state index is -0.939. The number of hydrogen-bond acceptors (Lipinski definition) is 6. The van der Waals surface area contributed by atoms with Crippen LogP contribution in [-0.4, -0.2) is 33.5 Å². The number of anilines is 1. The molecule has 0 bridgehead atoms. The van der Waals surface area contributed by atoms with Gasteiger partial charge in [-0.3, -0.25) is 9.59 Å². The fourth-order valence-electron chi connectivity index (χ4n) is 2.46. The van der Waals surface area contributed by atoms with Crippen LogP contribution in [0.25, 0.3) is 10.2 Å². The van der Waals surface area contributed by atoms with Crippen LogP contribution in [0.15, 0.2) is 36.7 Å². The monoisotopic (exact) mass is 370 g/mol. The molecule has 0 aliphatic carbocycles. The van der Waals surface area contributed by atoms with E-state index in [4.69, 9.17) is 5.11 Å². The summed E-state index contributed by atoms with van der Waals surface area (Å²) in [6.45, 7) is 2.72. The van der Waals surface area contributed by atoms with E-state index in [2.05, 4.69) is 26.7 Å². The molecule has 3 N–H and O–H groups in total. The third kappa shape index (κ3) is 4.34. The van der Waals surface area contributed by atoms with Gasteiger partial charge < -0.3 is 15.7 Å². The number of carbonyl (C=O) groups is 2. The van der Waals surface area contributed by atoms with Gasteiger partial charge in [-0.15, -0.1) is 11.3 Å². The number of nitrogens with one attached hydrogen (secondary N) is 2. The Kier molecular flexibility index (Phi) is 5.43. The summed E-state index contributed by atoms with van der Waals surface area (Å²) >= 11 is 1.63. The molecule has 0 unspecified atom stereocenters. The lowest BCUT2D eigenvalue weighted by Gasteiger charge is -2.08. The molecule has 0 spiro atoms. The summed E-state index contributed by atoms with van der Waals surface area (Å²) in [5, 5.41) is 15.5. The van der Waals surface area contributed by atoms with Crippen molar-refractivity contribution < 1.29 is 14.7 Å². The fourth-order valence-corrected chi connectivity index (χ4v) is 3.31. The van der Waals surface area contributed by atoms with Crippen LogP contribution < -0.4 is 10.6 Å². The average molecular weight is 370 g/mol. The van der Waals surface area contributed by atoms with E-state index < -0.39 is 5.97 Å². The Hall–Kier alpha value is -3.00. The number of fused-ring (bicyclic) bond motifs is 1. The first-order valence-corrected chi connectivity index (χ1v) is 8.88. The predicted molar refractivity (Wildman–Crippen MR) is 101 cm³/mol. The quantitative estimate of drug-likeness (QED) is 0.591. The Morgan fingerprint density at radius 1 is 1.19 bits per heavy atom. The first-order chi connectivity index (χ1) is 12.5. The van der Waals surface area contributed by atoms with E-state index in [0.717, 1.165) is 21.6 Å². The van der Waals surface area contributed by atoms with Crippen molar-refractivity contribution in [3.8, 4) is 0 Å². The molecule has 26 heavy (non-hydrogen) atoms. The lowest BCUT2D eigenvalue weighted by atomic mass is 10.1. The lowest BCUT2D eigenvalue weighted by molar-refractivity contribution is -0.136. The molecule has 0 atom stereocenters. The van der Waals surface area contributed by atoms with Crippen molar-refractivity contribution in [2.75, 3.05) is 11.9 Å². The second-order valence-corrected chi connectivity index (χ2v) is 6.98. The van der Waals surface area contributed by atoms with Crippen LogP contribution in [0.3, 0.4) is 0 Å². The van der Waals surface area contributed by atoms with E-state index in [9.17, 15) is 9.59 Å². The summed E-state index contributed by atoms with van der Waals surface area (Å²) in [5.41, 5.74) is 1.50. The predicted octanol–water partition coefficient (Wildman–Crippen LogP) is 2.82. The van der Waals surface area contributed by atoms with Gasteiger partial charge in [0.1, 0.15) is 17.0 Å². The number of nitrogens with zero attached hydrogens (tertiary/aromatic N) is 2. The van der Waals surface area contributed by atoms with Gasteiger partial charge in [0.05, 0.1) is 11.8 Å². The van der Waals surface area contributed by atoms with Crippen molar-refractivity contribution in [2.24, 2.45) is 0 Å². The summed E-state index contributed by atoms with van der Waals surface area (Å²) in [6, 6.07) is 9.22. The molecule has 2 aromatic heterocycles. The number of rotatable bonds is 7. The zero-order valence-electron chi connectivity index (χ0n) is 14.2. The maximum absolute atomic E-state index is 11.9. The van der Waals surface area contributed by atoms with Gasteiger partial charge in [0.25, 0.3) is 5.91 Å². The Bertz CT molecular complexity index is 937.